The topological polar surface area (TPSA) is 80.3 Å². The van der Waals surface area contributed by atoms with Crippen LogP contribution in [-0.2, 0) is 11.3 Å². The van der Waals surface area contributed by atoms with Crippen molar-refractivity contribution < 1.29 is 14.3 Å². The number of benzene rings is 1. The van der Waals surface area contributed by atoms with E-state index in [1.807, 2.05) is 24.3 Å². The summed E-state index contributed by atoms with van der Waals surface area (Å²) in [6.07, 6.45) is 1.43. The molecule has 1 aromatic carbocycles. The molecule has 0 spiro atoms. The van der Waals surface area contributed by atoms with Gasteiger partial charge in [0.1, 0.15) is 11.4 Å². The van der Waals surface area contributed by atoms with Gasteiger partial charge in [-0.05, 0) is 18.2 Å². The first-order chi connectivity index (χ1) is 11.1. The van der Waals surface area contributed by atoms with Crippen LogP contribution in [0.5, 0.6) is 5.75 Å². The number of aromatic nitrogens is 1. The van der Waals surface area contributed by atoms with Crippen LogP contribution in [0.15, 0.2) is 42.6 Å². The summed E-state index contributed by atoms with van der Waals surface area (Å²) in [5.74, 6) is -0.0776. The zero-order valence-electron chi connectivity index (χ0n) is 12.5. The van der Waals surface area contributed by atoms with Gasteiger partial charge in [-0.25, -0.2) is 0 Å². The van der Waals surface area contributed by atoms with Crippen LogP contribution in [0.1, 0.15) is 16.1 Å². The highest BCUT2D eigenvalue weighted by Gasteiger charge is 2.10. The van der Waals surface area contributed by atoms with Crippen LogP contribution in [0.2, 0.25) is 5.02 Å². The van der Waals surface area contributed by atoms with Crippen LogP contribution in [0.4, 0.5) is 0 Å². The van der Waals surface area contributed by atoms with Crippen molar-refractivity contribution >= 4 is 23.4 Å². The molecule has 2 N–H and O–H groups in total. The van der Waals surface area contributed by atoms with Crippen molar-refractivity contribution in [2.45, 2.75) is 6.54 Å². The fourth-order valence-electron chi connectivity index (χ4n) is 1.89. The number of halogens is 1. The number of amides is 2. The minimum absolute atomic E-state index is 0.151. The molecule has 0 atom stereocenters. The second kappa shape index (κ2) is 8.14. The van der Waals surface area contributed by atoms with Crippen LogP contribution in [-0.4, -0.2) is 30.5 Å². The van der Waals surface area contributed by atoms with Crippen LogP contribution >= 0.6 is 11.6 Å². The molecule has 0 bridgehead atoms. The lowest BCUT2D eigenvalue weighted by Crippen LogP contribution is -2.36. The summed E-state index contributed by atoms with van der Waals surface area (Å²) in [7, 11) is 1.57. The molecule has 0 aliphatic carbocycles. The molecule has 6 nitrogen and oxygen atoms in total. The van der Waals surface area contributed by atoms with E-state index in [-0.39, 0.29) is 18.1 Å². The second-order valence-corrected chi connectivity index (χ2v) is 5.07. The van der Waals surface area contributed by atoms with E-state index in [9.17, 15) is 9.59 Å². The van der Waals surface area contributed by atoms with E-state index < -0.39 is 5.91 Å². The average molecular weight is 334 g/mol. The van der Waals surface area contributed by atoms with E-state index in [1.54, 1.807) is 13.2 Å². The zero-order valence-corrected chi connectivity index (χ0v) is 13.3. The third kappa shape index (κ3) is 4.96. The number of nitrogens with one attached hydrogen (secondary N) is 2. The smallest absolute Gasteiger partial charge is 0.270 e. The van der Waals surface area contributed by atoms with Crippen LogP contribution in [0, 0.1) is 0 Å². The van der Waals surface area contributed by atoms with E-state index in [1.165, 1.54) is 12.3 Å². The van der Waals surface area contributed by atoms with Crippen molar-refractivity contribution in [3.63, 3.8) is 0 Å². The van der Waals surface area contributed by atoms with Crippen molar-refractivity contribution in [3.05, 3.63) is 58.9 Å². The van der Waals surface area contributed by atoms with Gasteiger partial charge in [-0.2, -0.15) is 0 Å². The quantitative estimate of drug-likeness (QED) is 0.844. The first kappa shape index (κ1) is 16.8. The summed E-state index contributed by atoms with van der Waals surface area (Å²) in [4.78, 5) is 27.5. The fraction of sp³-hybridized carbons (Fsp3) is 0.188. The Morgan fingerprint density at radius 1 is 1.22 bits per heavy atom. The molecule has 0 aliphatic heterocycles. The van der Waals surface area contributed by atoms with Gasteiger partial charge in [0.05, 0.1) is 13.7 Å². The summed E-state index contributed by atoms with van der Waals surface area (Å²) >= 11 is 5.79. The molecule has 2 amide bonds. The Hall–Kier alpha value is -2.60. The predicted octanol–water partition coefficient (Wildman–Crippen LogP) is 1.79. The van der Waals surface area contributed by atoms with Gasteiger partial charge < -0.3 is 15.4 Å². The maximum absolute atomic E-state index is 11.8. The SMILES string of the molecule is COc1ccccc1CNC(=O)CNC(=O)c1cc(Cl)ccn1. The Bertz CT molecular complexity index is 706. The molecular weight excluding hydrogens is 318 g/mol. The highest BCUT2D eigenvalue weighted by Crippen LogP contribution is 2.16. The summed E-state index contributed by atoms with van der Waals surface area (Å²) in [6.45, 7) is 0.163. The summed E-state index contributed by atoms with van der Waals surface area (Å²) in [6, 6.07) is 10.4. The highest BCUT2D eigenvalue weighted by atomic mass is 35.5. The van der Waals surface area contributed by atoms with E-state index in [0.717, 1.165) is 5.56 Å². The van der Waals surface area contributed by atoms with Crippen LogP contribution in [0.3, 0.4) is 0 Å². The monoisotopic (exact) mass is 333 g/mol. The van der Waals surface area contributed by atoms with Crippen molar-refractivity contribution in [1.29, 1.82) is 0 Å². The molecular formula is C16H16ClN3O3. The number of hydrogen-bond acceptors (Lipinski definition) is 4. The molecule has 0 fully saturated rings. The first-order valence-electron chi connectivity index (χ1n) is 6.88. The maximum atomic E-state index is 11.8. The number of rotatable bonds is 6. The van der Waals surface area contributed by atoms with Crippen molar-refractivity contribution in [2.24, 2.45) is 0 Å². The summed E-state index contributed by atoms with van der Waals surface area (Å²) in [5.41, 5.74) is 1.02. The number of nitrogens with zero attached hydrogens (tertiary/aromatic N) is 1. The second-order valence-electron chi connectivity index (χ2n) is 4.63. The molecule has 0 aliphatic rings. The van der Waals surface area contributed by atoms with Gasteiger partial charge >= 0.3 is 0 Å². The fourth-order valence-corrected chi connectivity index (χ4v) is 2.05. The summed E-state index contributed by atoms with van der Waals surface area (Å²) < 4.78 is 5.20. The highest BCUT2D eigenvalue weighted by molar-refractivity contribution is 6.30. The molecule has 0 saturated heterocycles. The third-order valence-electron chi connectivity index (χ3n) is 3.03. The van der Waals surface area contributed by atoms with Gasteiger partial charge in [-0.3, -0.25) is 14.6 Å². The molecule has 7 heteroatoms. The number of ether oxygens (including phenoxy) is 1. The Balaban J connectivity index is 1.82. The maximum Gasteiger partial charge on any atom is 0.270 e. The number of para-hydroxylation sites is 1. The molecule has 1 aromatic heterocycles. The van der Waals surface area contributed by atoms with E-state index in [0.29, 0.717) is 17.3 Å². The number of methoxy groups -OCH3 is 1. The zero-order chi connectivity index (χ0) is 16.7. The van der Waals surface area contributed by atoms with Gasteiger partial charge in [-0.1, -0.05) is 29.8 Å². The first-order valence-corrected chi connectivity index (χ1v) is 7.26. The third-order valence-corrected chi connectivity index (χ3v) is 3.27. The lowest BCUT2D eigenvalue weighted by atomic mass is 10.2. The summed E-state index contributed by atoms with van der Waals surface area (Å²) in [5, 5.41) is 5.61. The van der Waals surface area contributed by atoms with Crippen molar-refractivity contribution in [3.8, 4) is 5.75 Å². The Labute approximate surface area is 138 Å². The number of carbonyl (C=O) groups is 2. The van der Waals surface area contributed by atoms with Gasteiger partial charge in [0.15, 0.2) is 0 Å². The number of pyridine rings is 1. The van der Waals surface area contributed by atoms with Crippen molar-refractivity contribution in [2.75, 3.05) is 13.7 Å². The van der Waals surface area contributed by atoms with Crippen LogP contribution in [0.25, 0.3) is 0 Å². The number of carbonyl (C=O) groups excluding carboxylic acids is 2. The molecule has 1 heterocycles. The Morgan fingerprint density at radius 3 is 2.74 bits per heavy atom. The lowest BCUT2D eigenvalue weighted by Gasteiger charge is -2.10. The molecule has 23 heavy (non-hydrogen) atoms. The normalized spacial score (nSPS) is 10.0. The average Bonchev–Trinajstić information content (AvgIpc) is 2.58. The molecule has 120 valence electrons. The van der Waals surface area contributed by atoms with E-state index in [2.05, 4.69) is 15.6 Å². The molecule has 2 aromatic rings. The molecule has 0 unspecified atom stereocenters. The van der Waals surface area contributed by atoms with Gasteiger partial charge in [0.2, 0.25) is 5.91 Å². The molecule has 0 saturated carbocycles. The lowest BCUT2D eigenvalue weighted by molar-refractivity contribution is -0.120. The standard InChI is InChI=1S/C16H16ClN3O3/c1-23-14-5-3-2-4-11(14)9-19-15(21)10-20-16(22)13-8-12(17)6-7-18-13/h2-8H,9-10H2,1H3,(H,19,21)(H,20,22). The minimum atomic E-state index is -0.458. The largest absolute Gasteiger partial charge is 0.496 e. The van der Waals surface area contributed by atoms with E-state index in [4.69, 9.17) is 16.3 Å². The van der Waals surface area contributed by atoms with Gasteiger partial charge in [0, 0.05) is 23.3 Å². The van der Waals surface area contributed by atoms with Gasteiger partial charge in [-0.15, -0.1) is 0 Å². The van der Waals surface area contributed by atoms with Crippen molar-refractivity contribution in [1.82, 2.24) is 15.6 Å². The van der Waals surface area contributed by atoms with Gasteiger partial charge in [0.25, 0.3) is 5.91 Å². The number of hydrogen-bond donors (Lipinski definition) is 2. The molecule has 2 rings (SSSR count). The van der Waals surface area contributed by atoms with E-state index >= 15 is 0 Å². The minimum Gasteiger partial charge on any atom is -0.496 e. The Kier molecular flexibility index (Phi) is 5.94. The predicted molar refractivity (Wildman–Crippen MR) is 86.4 cm³/mol. The Morgan fingerprint density at radius 2 is 2.00 bits per heavy atom. The van der Waals surface area contributed by atoms with Crippen LogP contribution < -0.4 is 15.4 Å². The molecule has 0 radical (unpaired) electrons.